The standard InChI is InChI=1S/C12H17NO4S/c1-12(2,9-8-11(14)15)13-18(16,17)10-6-4-3-5-7-10/h3-7,13H,8-9H2,1-2H3,(H,14,15). The molecule has 18 heavy (non-hydrogen) atoms. The number of sulfonamides is 1. The summed E-state index contributed by atoms with van der Waals surface area (Å²) in [5.41, 5.74) is -0.799. The highest BCUT2D eigenvalue weighted by Crippen LogP contribution is 2.16. The van der Waals surface area contributed by atoms with Crippen LogP contribution in [0.2, 0.25) is 0 Å². The van der Waals surface area contributed by atoms with Crippen molar-refractivity contribution >= 4 is 16.0 Å². The van der Waals surface area contributed by atoms with E-state index < -0.39 is 21.5 Å². The molecule has 0 unspecified atom stereocenters. The van der Waals surface area contributed by atoms with Gasteiger partial charge in [0.25, 0.3) is 0 Å². The number of benzene rings is 1. The van der Waals surface area contributed by atoms with Crippen molar-refractivity contribution in [1.82, 2.24) is 4.72 Å². The van der Waals surface area contributed by atoms with Gasteiger partial charge in [0.2, 0.25) is 10.0 Å². The van der Waals surface area contributed by atoms with Crippen LogP contribution in [0.1, 0.15) is 26.7 Å². The lowest BCUT2D eigenvalue weighted by atomic mass is 10.0. The average molecular weight is 271 g/mol. The Hall–Kier alpha value is -1.40. The van der Waals surface area contributed by atoms with Crippen LogP contribution in [0.15, 0.2) is 35.2 Å². The Labute approximate surface area is 107 Å². The fraction of sp³-hybridized carbons (Fsp3) is 0.417. The van der Waals surface area contributed by atoms with Crippen molar-refractivity contribution in [3.05, 3.63) is 30.3 Å². The third-order valence-electron chi connectivity index (χ3n) is 2.43. The van der Waals surface area contributed by atoms with E-state index in [4.69, 9.17) is 5.11 Å². The molecule has 0 saturated heterocycles. The maximum absolute atomic E-state index is 12.0. The van der Waals surface area contributed by atoms with E-state index in [2.05, 4.69) is 4.72 Å². The maximum atomic E-state index is 12.0. The Balaban J connectivity index is 2.80. The van der Waals surface area contributed by atoms with Gasteiger partial charge in [-0.05, 0) is 32.4 Å². The van der Waals surface area contributed by atoms with E-state index in [1.54, 1.807) is 32.0 Å². The summed E-state index contributed by atoms with van der Waals surface area (Å²) in [6, 6.07) is 8.00. The summed E-state index contributed by atoms with van der Waals surface area (Å²) >= 11 is 0. The van der Waals surface area contributed by atoms with Gasteiger partial charge in [-0.25, -0.2) is 13.1 Å². The second-order valence-electron chi connectivity index (χ2n) is 4.70. The Morgan fingerprint density at radius 1 is 1.28 bits per heavy atom. The summed E-state index contributed by atoms with van der Waals surface area (Å²) < 4.78 is 26.6. The lowest BCUT2D eigenvalue weighted by molar-refractivity contribution is -0.137. The number of carbonyl (C=O) groups is 1. The average Bonchev–Trinajstić information content (AvgIpc) is 2.26. The molecule has 1 aromatic rings. The van der Waals surface area contributed by atoms with Gasteiger partial charge >= 0.3 is 5.97 Å². The molecule has 0 heterocycles. The van der Waals surface area contributed by atoms with Gasteiger partial charge in [-0.3, -0.25) is 4.79 Å². The third-order valence-corrected chi connectivity index (χ3v) is 4.14. The zero-order chi connectivity index (χ0) is 13.8. The van der Waals surface area contributed by atoms with Gasteiger partial charge in [0.05, 0.1) is 4.90 Å². The first kappa shape index (κ1) is 14.7. The largest absolute Gasteiger partial charge is 0.481 e. The first-order valence-corrected chi connectivity index (χ1v) is 7.02. The summed E-state index contributed by atoms with van der Waals surface area (Å²) in [5.74, 6) is -0.943. The number of aliphatic carboxylic acids is 1. The highest BCUT2D eigenvalue weighted by Gasteiger charge is 2.26. The van der Waals surface area contributed by atoms with E-state index >= 15 is 0 Å². The van der Waals surface area contributed by atoms with Crippen LogP contribution in [0.3, 0.4) is 0 Å². The summed E-state index contributed by atoms with van der Waals surface area (Å²) in [7, 11) is -3.61. The van der Waals surface area contributed by atoms with E-state index in [0.717, 1.165) is 0 Å². The van der Waals surface area contributed by atoms with Gasteiger partial charge in [-0.2, -0.15) is 0 Å². The van der Waals surface area contributed by atoms with Crippen molar-refractivity contribution in [1.29, 1.82) is 0 Å². The van der Waals surface area contributed by atoms with Gasteiger partial charge in [0, 0.05) is 12.0 Å². The number of hydrogen-bond acceptors (Lipinski definition) is 3. The molecule has 0 saturated carbocycles. The molecule has 0 fully saturated rings. The van der Waals surface area contributed by atoms with Crippen LogP contribution in [0.5, 0.6) is 0 Å². The minimum atomic E-state index is -3.61. The Morgan fingerprint density at radius 3 is 2.33 bits per heavy atom. The smallest absolute Gasteiger partial charge is 0.303 e. The van der Waals surface area contributed by atoms with Gasteiger partial charge in [-0.15, -0.1) is 0 Å². The monoisotopic (exact) mass is 271 g/mol. The number of hydrogen-bond donors (Lipinski definition) is 2. The van der Waals surface area contributed by atoms with E-state index in [-0.39, 0.29) is 17.7 Å². The molecule has 0 spiro atoms. The first-order valence-electron chi connectivity index (χ1n) is 5.54. The van der Waals surface area contributed by atoms with Crippen LogP contribution in [0.4, 0.5) is 0 Å². The summed E-state index contributed by atoms with van der Waals surface area (Å²) in [6.07, 6.45) is 0.151. The van der Waals surface area contributed by atoms with Gasteiger partial charge < -0.3 is 5.11 Å². The molecule has 5 nitrogen and oxygen atoms in total. The van der Waals surface area contributed by atoms with Crippen LogP contribution in [-0.2, 0) is 14.8 Å². The molecule has 1 aromatic carbocycles. The molecule has 2 N–H and O–H groups in total. The number of nitrogens with one attached hydrogen (secondary N) is 1. The van der Waals surface area contributed by atoms with Crippen molar-refractivity contribution in [3.63, 3.8) is 0 Å². The minimum absolute atomic E-state index is 0.0791. The van der Waals surface area contributed by atoms with E-state index in [0.29, 0.717) is 0 Å². The fourth-order valence-corrected chi connectivity index (χ4v) is 2.96. The van der Waals surface area contributed by atoms with Crippen molar-refractivity contribution < 1.29 is 18.3 Å². The van der Waals surface area contributed by atoms with Crippen molar-refractivity contribution in [2.75, 3.05) is 0 Å². The lowest BCUT2D eigenvalue weighted by Gasteiger charge is -2.25. The third kappa shape index (κ3) is 4.46. The molecule has 0 aliphatic carbocycles. The van der Waals surface area contributed by atoms with Gasteiger partial charge in [0.1, 0.15) is 0 Å². The number of carboxylic acids is 1. The second-order valence-corrected chi connectivity index (χ2v) is 6.38. The molecule has 0 aliphatic rings. The quantitative estimate of drug-likeness (QED) is 0.823. The SMILES string of the molecule is CC(C)(CCC(=O)O)NS(=O)(=O)c1ccccc1. The number of rotatable bonds is 6. The van der Waals surface area contributed by atoms with Crippen LogP contribution >= 0.6 is 0 Å². The zero-order valence-electron chi connectivity index (χ0n) is 10.4. The molecule has 6 heteroatoms. The molecule has 0 radical (unpaired) electrons. The minimum Gasteiger partial charge on any atom is -0.481 e. The summed E-state index contributed by atoms with van der Waals surface area (Å²) in [6.45, 7) is 3.33. The number of carboxylic acid groups (broad SMARTS) is 1. The van der Waals surface area contributed by atoms with E-state index in [9.17, 15) is 13.2 Å². The normalized spacial score (nSPS) is 12.3. The first-order chi connectivity index (χ1) is 8.23. The lowest BCUT2D eigenvalue weighted by Crippen LogP contribution is -2.43. The van der Waals surface area contributed by atoms with Crippen molar-refractivity contribution in [2.24, 2.45) is 0 Å². The molecule has 0 bridgehead atoms. The van der Waals surface area contributed by atoms with Gasteiger partial charge in [0.15, 0.2) is 0 Å². The maximum Gasteiger partial charge on any atom is 0.303 e. The molecule has 0 aliphatic heterocycles. The Morgan fingerprint density at radius 2 is 1.83 bits per heavy atom. The van der Waals surface area contributed by atoms with E-state index in [1.807, 2.05) is 0 Å². The van der Waals surface area contributed by atoms with Crippen LogP contribution in [-0.4, -0.2) is 25.0 Å². The molecular formula is C12H17NO4S. The molecule has 100 valence electrons. The predicted octanol–water partition coefficient (Wildman–Crippen LogP) is 1.61. The van der Waals surface area contributed by atoms with Crippen LogP contribution < -0.4 is 4.72 Å². The van der Waals surface area contributed by atoms with Crippen molar-refractivity contribution in [2.45, 2.75) is 37.1 Å². The molecule has 0 atom stereocenters. The van der Waals surface area contributed by atoms with E-state index in [1.165, 1.54) is 12.1 Å². The van der Waals surface area contributed by atoms with Crippen molar-refractivity contribution in [3.8, 4) is 0 Å². The summed E-state index contributed by atoms with van der Waals surface area (Å²) in [4.78, 5) is 10.7. The Bertz CT molecular complexity index is 508. The highest BCUT2D eigenvalue weighted by molar-refractivity contribution is 7.89. The predicted molar refractivity (Wildman–Crippen MR) is 67.7 cm³/mol. The molecule has 1 rings (SSSR count). The van der Waals surface area contributed by atoms with Gasteiger partial charge in [-0.1, -0.05) is 18.2 Å². The van der Waals surface area contributed by atoms with Crippen LogP contribution in [0.25, 0.3) is 0 Å². The van der Waals surface area contributed by atoms with Crippen LogP contribution in [0, 0.1) is 0 Å². The zero-order valence-corrected chi connectivity index (χ0v) is 11.2. The molecular weight excluding hydrogens is 254 g/mol. The topological polar surface area (TPSA) is 83.5 Å². The molecule has 0 amide bonds. The second kappa shape index (κ2) is 5.49. The Kier molecular flexibility index (Phi) is 4.48. The highest BCUT2D eigenvalue weighted by atomic mass is 32.2. The molecule has 0 aromatic heterocycles. The fourth-order valence-electron chi connectivity index (χ4n) is 1.49. The summed E-state index contributed by atoms with van der Waals surface area (Å²) in [5, 5.41) is 8.61.